The molecule has 0 spiro atoms. The Labute approximate surface area is 94.2 Å². The first-order valence-electron chi connectivity index (χ1n) is 3.15. The Morgan fingerprint density at radius 1 is 1.38 bits per heavy atom. The van der Waals surface area contributed by atoms with E-state index < -0.39 is 9.16 Å². The Bertz CT molecular complexity index is 255. The molecule has 1 rings (SSSR count). The summed E-state index contributed by atoms with van der Waals surface area (Å²) in [6, 6.07) is -0.471. The predicted molar refractivity (Wildman–Crippen MR) is 52.8 cm³/mol. The fraction of sp³-hybridized carbons (Fsp3) is 0.600. The lowest BCUT2D eigenvalue weighted by Gasteiger charge is -2.17. The van der Waals surface area contributed by atoms with Crippen molar-refractivity contribution in [3.8, 4) is 0 Å². The quantitative estimate of drug-likeness (QED) is 0.412. The molecule has 3 amide bonds. The van der Waals surface area contributed by atoms with Crippen molar-refractivity contribution >= 4 is 58.7 Å². The molecule has 0 N–H and O–H groups in total. The number of urea groups is 1. The van der Waals surface area contributed by atoms with Crippen molar-refractivity contribution in [3.63, 3.8) is 0 Å². The molecule has 1 fully saturated rings. The molecule has 0 aromatic carbocycles. The minimum atomic E-state index is -1.70. The Kier molecular flexibility index (Phi) is 3.22. The van der Waals surface area contributed by atoms with Crippen molar-refractivity contribution in [2.75, 3.05) is 13.6 Å². The number of halogens is 3. The van der Waals surface area contributed by atoms with Gasteiger partial charge in [-0.2, -0.15) is 4.31 Å². The Balaban J connectivity index is 2.70. The molecule has 13 heavy (non-hydrogen) atoms. The van der Waals surface area contributed by atoms with Gasteiger partial charge in [-0.1, -0.05) is 34.8 Å². The van der Waals surface area contributed by atoms with Crippen LogP contribution in [0.4, 0.5) is 4.79 Å². The SMILES string of the molecule is CN1CC(=O)N(SC(Cl)(Cl)Cl)C1=O. The van der Waals surface area contributed by atoms with E-state index in [-0.39, 0.29) is 12.5 Å². The van der Waals surface area contributed by atoms with Crippen LogP contribution in [0.5, 0.6) is 0 Å². The van der Waals surface area contributed by atoms with Crippen molar-refractivity contribution in [1.29, 1.82) is 0 Å². The van der Waals surface area contributed by atoms with Crippen LogP contribution in [-0.2, 0) is 4.79 Å². The van der Waals surface area contributed by atoms with Crippen LogP contribution in [0, 0.1) is 0 Å². The minimum Gasteiger partial charge on any atom is -0.317 e. The second-order valence-corrected chi connectivity index (χ2v) is 6.48. The van der Waals surface area contributed by atoms with Crippen molar-refractivity contribution in [2.45, 2.75) is 3.12 Å². The van der Waals surface area contributed by atoms with Gasteiger partial charge in [-0.15, -0.1) is 0 Å². The second-order valence-electron chi connectivity index (χ2n) is 2.36. The molecule has 4 nitrogen and oxygen atoms in total. The number of rotatable bonds is 1. The average molecular weight is 264 g/mol. The molecule has 1 saturated heterocycles. The molecule has 0 radical (unpaired) electrons. The summed E-state index contributed by atoms with van der Waals surface area (Å²) in [5.74, 6) is -0.385. The predicted octanol–water partition coefficient (Wildman–Crippen LogP) is 1.86. The largest absolute Gasteiger partial charge is 0.337 e. The number of carbonyl (C=O) groups excluding carboxylic acids is 2. The first-order valence-corrected chi connectivity index (χ1v) is 5.06. The Morgan fingerprint density at radius 3 is 2.23 bits per heavy atom. The summed E-state index contributed by atoms with van der Waals surface area (Å²) >= 11 is 16.8. The molecule has 1 heterocycles. The Hall–Kier alpha value is 0.160. The molecule has 0 aliphatic carbocycles. The van der Waals surface area contributed by atoms with E-state index in [1.165, 1.54) is 11.9 Å². The van der Waals surface area contributed by atoms with Crippen molar-refractivity contribution in [2.24, 2.45) is 0 Å². The van der Waals surface area contributed by atoms with E-state index in [0.29, 0.717) is 11.9 Å². The highest BCUT2D eigenvalue weighted by Gasteiger charge is 2.39. The molecule has 74 valence electrons. The third-order valence-electron chi connectivity index (χ3n) is 1.29. The van der Waals surface area contributed by atoms with E-state index in [2.05, 4.69) is 0 Å². The maximum absolute atomic E-state index is 11.2. The Morgan fingerprint density at radius 2 is 1.92 bits per heavy atom. The number of nitrogens with zero attached hydrogens (tertiary/aromatic N) is 2. The number of imide groups is 1. The van der Waals surface area contributed by atoms with E-state index in [0.717, 1.165) is 4.31 Å². The molecule has 1 aliphatic heterocycles. The summed E-state index contributed by atoms with van der Waals surface area (Å²) in [7, 11) is 1.50. The summed E-state index contributed by atoms with van der Waals surface area (Å²) in [6.45, 7) is 0.0204. The normalized spacial score (nSPS) is 18.8. The van der Waals surface area contributed by atoms with Crippen LogP contribution in [0.3, 0.4) is 0 Å². The minimum absolute atomic E-state index is 0.0204. The summed E-state index contributed by atoms with van der Waals surface area (Å²) in [5, 5.41) is 0. The lowest BCUT2D eigenvalue weighted by molar-refractivity contribution is -0.121. The standard InChI is InChI=1S/C5H5Cl3N2O2S/c1-9-2-3(11)10(4(9)12)13-5(6,7)8/h2H2,1H3. The average Bonchev–Trinajstić information content (AvgIpc) is 2.14. The van der Waals surface area contributed by atoms with Crippen molar-refractivity contribution < 1.29 is 9.59 Å². The molecule has 0 saturated carbocycles. The summed E-state index contributed by atoms with van der Waals surface area (Å²) in [5.41, 5.74) is 0. The van der Waals surface area contributed by atoms with E-state index >= 15 is 0 Å². The third kappa shape index (κ3) is 2.80. The first-order chi connectivity index (χ1) is 5.81. The molecule has 0 aromatic heterocycles. The zero-order valence-electron chi connectivity index (χ0n) is 6.46. The van der Waals surface area contributed by atoms with Gasteiger partial charge in [-0.25, -0.2) is 4.79 Å². The van der Waals surface area contributed by atoms with Crippen LogP contribution < -0.4 is 0 Å². The fourth-order valence-electron chi connectivity index (χ4n) is 0.790. The third-order valence-corrected chi connectivity index (χ3v) is 2.66. The van der Waals surface area contributed by atoms with E-state index in [4.69, 9.17) is 34.8 Å². The molecule has 0 aromatic rings. The summed E-state index contributed by atoms with van der Waals surface area (Å²) in [6.07, 6.45) is 0. The number of carbonyl (C=O) groups is 2. The smallest absolute Gasteiger partial charge is 0.317 e. The zero-order valence-corrected chi connectivity index (χ0v) is 9.54. The van der Waals surface area contributed by atoms with Gasteiger partial charge in [-0.05, 0) is 0 Å². The van der Waals surface area contributed by atoms with Gasteiger partial charge in [0, 0.05) is 19.0 Å². The highest BCUT2D eigenvalue weighted by atomic mass is 35.6. The van der Waals surface area contributed by atoms with Crippen molar-refractivity contribution in [1.82, 2.24) is 9.21 Å². The lowest BCUT2D eigenvalue weighted by atomic mass is 10.6. The first kappa shape index (κ1) is 11.2. The highest BCUT2D eigenvalue weighted by Crippen LogP contribution is 2.42. The van der Waals surface area contributed by atoms with Gasteiger partial charge in [0.05, 0.1) is 0 Å². The maximum Gasteiger partial charge on any atom is 0.337 e. The molecule has 0 bridgehead atoms. The van der Waals surface area contributed by atoms with Crippen molar-refractivity contribution in [3.05, 3.63) is 0 Å². The van der Waals surface area contributed by atoms with Crippen LogP contribution in [0.1, 0.15) is 0 Å². The van der Waals surface area contributed by atoms with Crippen LogP contribution in [0.25, 0.3) is 0 Å². The number of hydrogen-bond donors (Lipinski definition) is 0. The van der Waals surface area contributed by atoms with E-state index in [1.807, 2.05) is 0 Å². The fourth-order valence-corrected chi connectivity index (χ4v) is 2.00. The van der Waals surface area contributed by atoms with Gasteiger partial charge < -0.3 is 4.90 Å². The van der Waals surface area contributed by atoms with Crippen LogP contribution in [-0.4, -0.2) is 37.9 Å². The molecule has 0 atom stereocenters. The van der Waals surface area contributed by atoms with E-state index in [1.54, 1.807) is 0 Å². The van der Waals surface area contributed by atoms with Crippen LogP contribution >= 0.6 is 46.8 Å². The van der Waals surface area contributed by atoms with Crippen LogP contribution in [0.15, 0.2) is 0 Å². The summed E-state index contributed by atoms with van der Waals surface area (Å²) < 4.78 is -0.858. The summed E-state index contributed by atoms with van der Waals surface area (Å²) in [4.78, 5) is 23.6. The highest BCUT2D eigenvalue weighted by molar-refractivity contribution is 8.03. The lowest BCUT2D eigenvalue weighted by Crippen LogP contribution is -2.27. The molecule has 8 heteroatoms. The zero-order chi connectivity index (χ0) is 10.2. The monoisotopic (exact) mass is 262 g/mol. The molecule has 1 aliphatic rings. The number of alkyl halides is 3. The second kappa shape index (κ2) is 3.73. The number of hydrogen-bond acceptors (Lipinski definition) is 3. The topological polar surface area (TPSA) is 40.6 Å². The van der Waals surface area contributed by atoms with Gasteiger partial charge in [0.15, 0.2) is 0 Å². The van der Waals surface area contributed by atoms with Crippen LogP contribution in [0.2, 0.25) is 0 Å². The van der Waals surface area contributed by atoms with Gasteiger partial charge in [0.1, 0.15) is 6.54 Å². The molecular formula is C5H5Cl3N2O2S. The molecular weight excluding hydrogens is 258 g/mol. The van der Waals surface area contributed by atoms with Gasteiger partial charge >= 0.3 is 6.03 Å². The number of likely N-dealkylation sites (N-methyl/N-ethyl adjacent to an activating group) is 1. The maximum atomic E-state index is 11.2. The number of amides is 3. The van der Waals surface area contributed by atoms with Gasteiger partial charge in [0.25, 0.3) is 9.03 Å². The molecule has 0 unspecified atom stereocenters. The van der Waals surface area contributed by atoms with E-state index in [9.17, 15) is 9.59 Å². The van der Waals surface area contributed by atoms with Gasteiger partial charge in [-0.3, -0.25) is 4.79 Å². The van der Waals surface area contributed by atoms with Gasteiger partial charge in [0.2, 0.25) is 0 Å².